The van der Waals surface area contributed by atoms with E-state index >= 15 is 0 Å². The van der Waals surface area contributed by atoms with Crippen LogP contribution in [0.5, 0.6) is 0 Å². The van der Waals surface area contributed by atoms with E-state index in [2.05, 4.69) is 15.3 Å². The van der Waals surface area contributed by atoms with Crippen molar-refractivity contribution in [2.75, 3.05) is 0 Å². The minimum atomic E-state index is -0.978. The first kappa shape index (κ1) is 8.25. The molecule has 1 fully saturated rings. The Kier molecular flexibility index (Phi) is 2.02. The van der Waals surface area contributed by atoms with Crippen molar-refractivity contribution in [3.05, 3.63) is 17.7 Å². The fourth-order valence-electron chi connectivity index (χ4n) is 1.17. The highest BCUT2D eigenvalue weighted by atomic mass is 16.4. The number of hydrogen-bond donors (Lipinski definition) is 3. The zero-order valence-electron chi connectivity index (χ0n) is 7.08. The van der Waals surface area contributed by atoms with Gasteiger partial charge in [-0.1, -0.05) is 0 Å². The SMILES string of the molecule is O=C(O)c1nc[nH]c1CNC1CC1. The van der Waals surface area contributed by atoms with Gasteiger partial charge in [0.1, 0.15) is 0 Å². The first-order valence-electron chi connectivity index (χ1n) is 4.26. The van der Waals surface area contributed by atoms with Gasteiger partial charge < -0.3 is 15.4 Å². The molecule has 70 valence electrons. The fourth-order valence-corrected chi connectivity index (χ4v) is 1.17. The van der Waals surface area contributed by atoms with Crippen LogP contribution in [0.2, 0.25) is 0 Å². The van der Waals surface area contributed by atoms with Crippen LogP contribution in [0.1, 0.15) is 29.0 Å². The van der Waals surface area contributed by atoms with Gasteiger partial charge in [-0.05, 0) is 12.8 Å². The number of carbonyl (C=O) groups is 1. The Bertz CT molecular complexity index is 317. The van der Waals surface area contributed by atoms with E-state index in [4.69, 9.17) is 5.11 Å². The molecule has 0 radical (unpaired) electrons. The summed E-state index contributed by atoms with van der Waals surface area (Å²) < 4.78 is 0. The third-order valence-corrected chi connectivity index (χ3v) is 2.07. The van der Waals surface area contributed by atoms with Crippen LogP contribution in [-0.4, -0.2) is 27.1 Å². The summed E-state index contributed by atoms with van der Waals surface area (Å²) in [6.45, 7) is 0.562. The third kappa shape index (κ3) is 1.86. The van der Waals surface area contributed by atoms with Crippen molar-refractivity contribution in [3.8, 4) is 0 Å². The second kappa shape index (κ2) is 3.18. The summed E-state index contributed by atoms with van der Waals surface area (Å²) in [5.74, 6) is -0.978. The van der Waals surface area contributed by atoms with E-state index in [9.17, 15) is 4.79 Å². The number of imidazole rings is 1. The number of hydrogen-bond acceptors (Lipinski definition) is 3. The number of aromatic nitrogens is 2. The Morgan fingerprint density at radius 2 is 2.54 bits per heavy atom. The molecule has 1 aromatic rings. The molecule has 0 aliphatic heterocycles. The van der Waals surface area contributed by atoms with E-state index < -0.39 is 5.97 Å². The number of H-pyrrole nitrogens is 1. The molecule has 0 amide bonds. The van der Waals surface area contributed by atoms with Crippen LogP contribution < -0.4 is 5.32 Å². The molecule has 5 nitrogen and oxygen atoms in total. The molecule has 1 aromatic heterocycles. The second-order valence-corrected chi connectivity index (χ2v) is 3.19. The maximum absolute atomic E-state index is 10.6. The second-order valence-electron chi connectivity index (χ2n) is 3.19. The van der Waals surface area contributed by atoms with Crippen molar-refractivity contribution in [2.24, 2.45) is 0 Å². The lowest BCUT2D eigenvalue weighted by Crippen LogP contribution is -2.17. The number of aromatic carboxylic acids is 1. The highest BCUT2D eigenvalue weighted by Gasteiger charge is 2.21. The predicted octanol–water partition coefficient (Wildman–Crippen LogP) is 0.360. The lowest BCUT2D eigenvalue weighted by Gasteiger charge is -2.00. The highest BCUT2D eigenvalue weighted by Crippen LogP contribution is 2.19. The van der Waals surface area contributed by atoms with Crippen molar-refractivity contribution in [1.82, 2.24) is 15.3 Å². The van der Waals surface area contributed by atoms with E-state index in [1.54, 1.807) is 0 Å². The molecule has 1 aliphatic rings. The van der Waals surface area contributed by atoms with Crippen molar-refractivity contribution >= 4 is 5.97 Å². The number of nitrogens with zero attached hydrogens (tertiary/aromatic N) is 1. The minimum absolute atomic E-state index is 0.119. The summed E-state index contributed by atoms with van der Waals surface area (Å²) in [5, 5.41) is 11.9. The van der Waals surface area contributed by atoms with Crippen molar-refractivity contribution < 1.29 is 9.90 Å². The first-order valence-corrected chi connectivity index (χ1v) is 4.26. The van der Waals surface area contributed by atoms with Crippen LogP contribution in [0, 0.1) is 0 Å². The van der Waals surface area contributed by atoms with Crippen LogP contribution in [0.25, 0.3) is 0 Å². The smallest absolute Gasteiger partial charge is 0.356 e. The van der Waals surface area contributed by atoms with Crippen molar-refractivity contribution in [1.29, 1.82) is 0 Å². The normalized spacial score (nSPS) is 16.0. The largest absolute Gasteiger partial charge is 0.476 e. The molecule has 0 aromatic carbocycles. The van der Waals surface area contributed by atoms with Gasteiger partial charge in [-0.25, -0.2) is 9.78 Å². The van der Waals surface area contributed by atoms with Gasteiger partial charge in [0.25, 0.3) is 0 Å². The third-order valence-electron chi connectivity index (χ3n) is 2.07. The highest BCUT2D eigenvalue weighted by molar-refractivity contribution is 5.86. The monoisotopic (exact) mass is 181 g/mol. The molecule has 1 saturated carbocycles. The predicted molar refractivity (Wildman–Crippen MR) is 45.4 cm³/mol. The average molecular weight is 181 g/mol. The van der Waals surface area contributed by atoms with Gasteiger partial charge in [-0.2, -0.15) is 0 Å². The molecule has 2 rings (SSSR count). The Morgan fingerprint density at radius 3 is 3.15 bits per heavy atom. The molecule has 5 heteroatoms. The van der Waals surface area contributed by atoms with Crippen molar-refractivity contribution in [2.45, 2.75) is 25.4 Å². The molecule has 0 atom stereocenters. The first-order chi connectivity index (χ1) is 6.27. The van der Waals surface area contributed by atoms with E-state index in [-0.39, 0.29) is 5.69 Å². The number of rotatable bonds is 4. The molecule has 0 unspecified atom stereocenters. The van der Waals surface area contributed by atoms with Gasteiger partial charge in [0.2, 0.25) is 0 Å². The Morgan fingerprint density at radius 1 is 1.77 bits per heavy atom. The van der Waals surface area contributed by atoms with Gasteiger partial charge in [0.05, 0.1) is 12.0 Å². The van der Waals surface area contributed by atoms with Crippen molar-refractivity contribution in [3.63, 3.8) is 0 Å². The zero-order chi connectivity index (χ0) is 9.26. The summed E-state index contributed by atoms with van der Waals surface area (Å²) in [7, 11) is 0. The molecule has 1 heterocycles. The number of carboxylic acids is 1. The fraction of sp³-hybridized carbons (Fsp3) is 0.500. The Hall–Kier alpha value is -1.36. The van der Waals surface area contributed by atoms with Gasteiger partial charge in [-0.3, -0.25) is 0 Å². The zero-order valence-corrected chi connectivity index (χ0v) is 7.08. The molecule has 0 saturated heterocycles. The molecule has 3 N–H and O–H groups in total. The summed E-state index contributed by atoms with van der Waals surface area (Å²) in [6, 6.07) is 0.574. The molecule has 13 heavy (non-hydrogen) atoms. The van der Waals surface area contributed by atoms with E-state index in [1.165, 1.54) is 19.2 Å². The number of nitrogens with one attached hydrogen (secondary N) is 2. The summed E-state index contributed by atoms with van der Waals surface area (Å²) in [5.41, 5.74) is 0.771. The van der Waals surface area contributed by atoms with Crippen LogP contribution >= 0.6 is 0 Å². The molecule has 0 bridgehead atoms. The maximum Gasteiger partial charge on any atom is 0.356 e. The summed E-state index contributed by atoms with van der Waals surface area (Å²) in [6.07, 6.45) is 3.79. The van der Waals surface area contributed by atoms with Gasteiger partial charge in [-0.15, -0.1) is 0 Å². The number of aromatic amines is 1. The number of carboxylic acid groups (broad SMARTS) is 1. The molecule has 1 aliphatic carbocycles. The lowest BCUT2D eigenvalue weighted by atomic mass is 10.3. The van der Waals surface area contributed by atoms with E-state index in [0.717, 1.165) is 0 Å². The lowest BCUT2D eigenvalue weighted by molar-refractivity contribution is 0.0689. The van der Waals surface area contributed by atoms with E-state index in [0.29, 0.717) is 18.3 Å². The van der Waals surface area contributed by atoms with Gasteiger partial charge in [0, 0.05) is 12.6 Å². The molecular weight excluding hydrogens is 170 g/mol. The topological polar surface area (TPSA) is 78.0 Å². The molecular formula is C8H11N3O2. The van der Waals surface area contributed by atoms with E-state index in [1.807, 2.05) is 0 Å². The minimum Gasteiger partial charge on any atom is -0.476 e. The average Bonchev–Trinajstić information content (AvgIpc) is 2.79. The van der Waals surface area contributed by atoms with Crippen LogP contribution in [0.4, 0.5) is 0 Å². The standard InChI is InChI=1S/C8H11N3O2/c12-8(13)7-6(10-4-11-7)3-9-5-1-2-5/h4-5,9H,1-3H2,(H,10,11)(H,12,13). The summed E-state index contributed by atoms with van der Waals surface area (Å²) >= 11 is 0. The quantitative estimate of drug-likeness (QED) is 0.626. The Balaban J connectivity index is 2.00. The maximum atomic E-state index is 10.6. The van der Waals surface area contributed by atoms with Crippen LogP contribution in [-0.2, 0) is 6.54 Å². The Labute approximate surface area is 75.2 Å². The molecule has 0 spiro atoms. The summed E-state index contributed by atoms with van der Waals surface area (Å²) in [4.78, 5) is 17.2. The van der Waals surface area contributed by atoms with Crippen LogP contribution in [0.3, 0.4) is 0 Å². The van der Waals surface area contributed by atoms with Crippen LogP contribution in [0.15, 0.2) is 6.33 Å². The van der Waals surface area contributed by atoms with Gasteiger partial charge >= 0.3 is 5.97 Å². The van der Waals surface area contributed by atoms with Gasteiger partial charge in [0.15, 0.2) is 5.69 Å².